The summed E-state index contributed by atoms with van der Waals surface area (Å²) in [5.74, 6) is 1.67. The zero-order chi connectivity index (χ0) is 21.3. The van der Waals surface area contributed by atoms with E-state index >= 15 is 0 Å². The van der Waals surface area contributed by atoms with Gasteiger partial charge in [0.2, 0.25) is 0 Å². The molecule has 0 aliphatic carbocycles. The van der Waals surface area contributed by atoms with Crippen LogP contribution in [0.2, 0.25) is 0 Å². The lowest BCUT2D eigenvalue weighted by Gasteiger charge is -2.38. The predicted molar refractivity (Wildman–Crippen MR) is 123 cm³/mol. The van der Waals surface area contributed by atoms with Crippen LogP contribution in [0.25, 0.3) is 0 Å². The first-order chi connectivity index (χ1) is 15.1. The number of hydrogen-bond donors (Lipinski definition) is 2. The molecule has 0 radical (unpaired) electrons. The summed E-state index contributed by atoms with van der Waals surface area (Å²) in [4.78, 5) is 24.6. The van der Waals surface area contributed by atoms with Crippen molar-refractivity contribution in [1.82, 2.24) is 9.88 Å². The van der Waals surface area contributed by atoms with Gasteiger partial charge in [0.15, 0.2) is 5.82 Å². The van der Waals surface area contributed by atoms with Crippen LogP contribution in [-0.4, -0.2) is 40.3 Å². The Bertz CT molecular complexity index is 1140. The second-order valence-electron chi connectivity index (χ2n) is 8.17. The van der Waals surface area contributed by atoms with Crippen molar-refractivity contribution < 1.29 is 4.79 Å². The van der Waals surface area contributed by atoms with Crippen LogP contribution in [0.1, 0.15) is 27.9 Å². The van der Waals surface area contributed by atoms with Crippen LogP contribution in [0.5, 0.6) is 0 Å². The Morgan fingerprint density at radius 1 is 1.10 bits per heavy atom. The fraction of sp³-hybridized carbons (Fsp3) is 0.240. The van der Waals surface area contributed by atoms with Crippen LogP contribution in [0.3, 0.4) is 0 Å². The number of hydrogen-bond acceptors (Lipinski definition) is 4. The van der Waals surface area contributed by atoms with Crippen molar-refractivity contribution in [2.75, 3.05) is 23.7 Å². The molecule has 1 fully saturated rings. The number of rotatable bonds is 3. The smallest absolute Gasteiger partial charge is 0.254 e. The summed E-state index contributed by atoms with van der Waals surface area (Å²) in [7, 11) is 0. The molecule has 1 aromatic heterocycles. The molecule has 3 aromatic rings. The average molecular weight is 412 g/mol. The molecule has 1 saturated heterocycles. The van der Waals surface area contributed by atoms with E-state index < -0.39 is 5.54 Å². The van der Waals surface area contributed by atoms with Crippen molar-refractivity contribution in [3.8, 4) is 0 Å². The maximum Gasteiger partial charge on any atom is 0.254 e. The number of nitrogens with zero attached hydrogens (tertiary/aromatic N) is 3. The van der Waals surface area contributed by atoms with Gasteiger partial charge in [-0.3, -0.25) is 9.79 Å². The lowest BCUT2D eigenvalue weighted by atomic mass is 9.93. The fourth-order valence-electron chi connectivity index (χ4n) is 4.36. The number of amidine groups is 1. The maximum absolute atomic E-state index is 13.3. The number of nitrogens with one attached hydrogen (secondary N) is 2. The minimum atomic E-state index is -0.455. The normalized spacial score (nSPS) is 20.9. The number of aliphatic imine (C=N–C) groups is 1. The Morgan fingerprint density at radius 2 is 1.90 bits per heavy atom. The van der Waals surface area contributed by atoms with E-state index in [4.69, 9.17) is 4.99 Å². The van der Waals surface area contributed by atoms with Gasteiger partial charge in [0, 0.05) is 18.3 Å². The molecular weight excluding hydrogens is 386 g/mol. The third-order valence-electron chi connectivity index (χ3n) is 6.07. The van der Waals surface area contributed by atoms with Gasteiger partial charge in [-0.25, -0.2) is 4.98 Å². The van der Waals surface area contributed by atoms with E-state index in [0.29, 0.717) is 19.6 Å². The average Bonchev–Trinajstić information content (AvgIpc) is 3.22. The Morgan fingerprint density at radius 3 is 2.74 bits per heavy atom. The zero-order valence-corrected chi connectivity index (χ0v) is 17.5. The van der Waals surface area contributed by atoms with Crippen LogP contribution in [0.15, 0.2) is 77.9 Å². The summed E-state index contributed by atoms with van der Waals surface area (Å²) in [6.07, 6.45) is 2.54. The highest BCUT2D eigenvalue weighted by Gasteiger charge is 2.47. The topological polar surface area (TPSA) is 69.6 Å². The predicted octanol–water partition coefficient (Wildman–Crippen LogP) is 4.11. The van der Waals surface area contributed by atoms with Gasteiger partial charge in [-0.05, 0) is 42.7 Å². The Hall–Kier alpha value is -3.67. The van der Waals surface area contributed by atoms with E-state index in [2.05, 4.69) is 27.8 Å². The van der Waals surface area contributed by atoms with Gasteiger partial charge in [0.05, 0.1) is 18.8 Å². The highest BCUT2D eigenvalue weighted by molar-refractivity contribution is 6.09. The largest absolute Gasteiger partial charge is 0.368 e. The molecule has 1 atom stereocenters. The van der Waals surface area contributed by atoms with E-state index in [-0.39, 0.29) is 5.91 Å². The molecule has 1 spiro atoms. The summed E-state index contributed by atoms with van der Waals surface area (Å²) in [6, 6.07) is 21.9. The summed E-state index contributed by atoms with van der Waals surface area (Å²) >= 11 is 0. The fourth-order valence-corrected chi connectivity index (χ4v) is 4.36. The number of carbonyl (C=O) groups excluding carboxylic acids is 1. The molecule has 0 saturated carbocycles. The van der Waals surface area contributed by atoms with Gasteiger partial charge in [0.1, 0.15) is 11.4 Å². The molecule has 2 aromatic carbocycles. The van der Waals surface area contributed by atoms with Crippen molar-refractivity contribution in [2.45, 2.75) is 25.4 Å². The SMILES string of the molecule is Cc1ccccc1C(=O)N1CCC2(C1)Nc1cccnc1NC2=NCc1ccccc1. The van der Waals surface area contributed by atoms with Gasteiger partial charge >= 0.3 is 0 Å². The molecule has 5 rings (SSSR count). The van der Waals surface area contributed by atoms with Crippen LogP contribution in [0.4, 0.5) is 11.5 Å². The molecule has 0 bridgehead atoms. The summed E-state index contributed by atoms with van der Waals surface area (Å²) in [5, 5.41) is 7.11. The maximum atomic E-state index is 13.3. The van der Waals surface area contributed by atoms with E-state index in [1.54, 1.807) is 6.20 Å². The first kappa shape index (κ1) is 19.3. The highest BCUT2D eigenvalue weighted by atomic mass is 16.2. The number of anilines is 2. The van der Waals surface area contributed by atoms with Gasteiger partial charge in [0.25, 0.3) is 5.91 Å². The van der Waals surface area contributed by atoms with Crippen molar-refractivity contribution in [1.29, 1.82) is 0 Å². The van der Waals surface area contributed by atoms with Crippen molar-refractivity contribution in [2.24, 2.45) is 4.99 Å². The van der Waals surface area contributed by atoms with Crippen LogP contribution >= 0.6 is 0 Å². The van der Waals surface area contributed by atoms with E-state index in [1.807, 2.05) is 66.4 Å². The number of aromatic nitrogens is 1. The summed E-state index contributed by atoms with van der Waals surface area (Å²) in [6.45, 7) is 3.77. The molecular formula is C25H25N5O. The van der Waals surface area contributed by atoms with Crippen molar-refractivity contribution in [3.05, 3.63) is 89.6 Å². The van der Waals surface area contributed by atoms with Gasteiger partial charge < -0.3 is 15.5 Å². The van der Waals surface area contributed by atoms with Crippen LogP contribution < -0.4 is 10.6 Å². The molecule has 1 unspecified atom stereocenters. The second kappa shape index (κ2) is 7.87. The molecule has 31 heavy (non-hydrogen) atoms. The lowest BCUT2D eigenvalue weighted by Crippen LogP contribution is -2.55. The van der Waals surface area contributed by atoms with E-state index in [9.17, 15) is 4.79 Å². The van der Waals surface area contributed by atoms with E-state index in [0.717, 1.165) is 40.5 Å². The molecule has 6 heteroatoms. The molecule has 156 valence electrons. The molecule has 2 aliphatic rings. The quantitative estimate of drug-likeness (QED) is 0.681. The summed E-state index contributed by atoms with van der Waals surface area (Å²) < 4.78 is 0. The number of fused-ring (bicyclic) bond motifs is 1. The molecule has 6 nitrogen and oxygen atoms in total. The number of amides is 1. The molecule has 2 aliphatic heterocycles. The standard InChI is InChI=1S/C25H25N5O/c1-18-8-5-6-11-20(18)23(31)30-15-13-25(17-30)24(27-16-19-9-3-2-4-10-19)28-22-21(29-25)12-7-14-26-22/h2-12,14,29H,13,15-17H2,1H3,(H,26,27,28). The van der Waals surface area contributed by atoms with Crippen molar-refractivity contribution >= 4 is 23.2 Å². The minimum absolute atomic E-state index is 0.0659. The third kappa shape index (κ3) is 3.65. The number of pyridine rings is 1. The number of aryl methyl sites for hydroxylation is 1. The lowest BCUT2D eigenvalue weighted by molar-refractivity contribution is 0.0788. The Kier molecular flexibility index (Phi) is 4.90. The molecule has 2 N–H and O–H groups in total. The van der Waals surface area contributed by atoms with Gasteiger partial charge in [-0.15, -0.1) is 0 Å². The number of carbonyl (C=O) groups is 1. The third-order valence-corrected chi connectivity index (χ3v) is 6.07. The Labute approximate surface area is 182 Å². The van der Waals surface area contributed by atoms with Crippen LogP contribution in [-0.2, 0) is 6.54 Å². The highest BCUT2D eigenvalue weighted by Crippen LogP contribution is 2.36. The summed E-state index contributed by atoms with van der Waals surface area (Å²) in [5.41, 5.74) is 3.38. The minimum Gasteiger partial charge on any atom is -0.368 e. The molecule has 1 amide bonds. The number of benzene rings is 2. The van der Waals surface area contributed by atoms with Crippen LogP contribution in [0, 0.1) is 6.92 Å². The molecule has 3 heterocycles. The monoisotopic (exact) mass is 411 g/mol. The van der Waals surface area contributed by atoms with Crippen molar-refractivity contribution in [3.63, 3.8) is 0 Å². The second-order valence-corrected chi connectivity index (χ2v) is 8.17. The van der Waals surface area contributed by atoms with E-state index in [1.165, 1.54) is 0 Å². The van der Waals surface area contributed by atoms with Gasteiger partial charge in [-0.1, -0.05) is 48.5 Å². The Balaban J connectivity index is 1.46. The zero-order valence-electron chi connectivity index (χ0n) is 17.5. The first-order valence-corrected chi connectivity index (χ1v) is 10.6. The number of likely N-dealkylation sites (tertiary alicyclic amines) is 1. The van der Waals surface area contributed by atoms with Gasteiger partial charge in [-0.2, -0.15) is 0 Å². The first-order valence-electron chi connectivity index (χ1n) is 10.6.